The number of ketones is 1. The summed E-state index contributed by atoms with van der Waals surface area (Å²) in [7, 11) is 0. The highest BCUT2D eigenvalue weighted by Gasteiger charge is 2.37. The second-order valence-corrected chi connectivity index (χ2v) is 9.06. The molecule has 0 saturated carbocycles. The lowest BCUT2D eigenvalue weighted by atomic mass is 10.1. The standard InChI is InChI=1S/C24H22F3N3O2S/c1-14-12-30(24(32)29(14)13-17-3-7-18(25)8-4-17)23-28-15(2)22(33-23)21(31)10-6-16-5-9-19(26)20(27)11-16/h3-5,7-9,11,14H,6,10,12-13H2,1-2H3/t14-/m1/s1. The van der Waals surface area contributed by atoms with E-state index in [2.05, 4.69) is 4.98 Å². The smallest absolute Gasteiger partial charge is 0.315 e. The molecule has 3 aromatic rings. The summed E-state index contributed by atoms with van der Waals surface area (Å²) < 4.78 is 39.7. The van der Waals surface area contributed by atoms with Crippen molar-refractivity contribution in [1.29, 1.82) is 0 Å². The van der Waals surface area contributed by atoms with Crippen LogP contribution in [0.2, 0.25) is 0 Å². The first kappa shape index (κ1) is 23.0. The molecule has 1 aliphatic rings. The Hall–Kier alpha value is -3.20. The van der Waals surface area contributed by atoms with E-state index >= 15 is 0 Å². The largest absolute Gasteiger partial charge is 0.326 e. The van der Waals surface area contributed by atoms with Crippen molar-refractivity contribution in [3.8, 4) is 0 Å². The Morgan fingerprint density at radius 2 is 1.79 bits per heavy atom. The zero-order valence-corrected chi connectivity index (χ0v) is 19.0. The summed E-state index contributed by atoms with van der Waals surface area (Å²) in [5.74, 6) is -2.36. The normalized spacial score (nSPS) is 16.0. The van der Waals surface area contributed by atoms with Crippen LogP contribution in [0.15, 0.2) is 42.5 Å². The molecule has 2 heterocycles. The number of amides is 2. The lowest BCUT2D eigenvalue weighted by molar-refractivity contribution is 0.0986. The number of carbonyl (C=O) groups excluding carboxylic acids is 2. The second kappa shape index (κ2) is 9.35. The van der Waals surface area contributed by atoms with Crippen LogP contribution in [0.25, 0.3) is 0 Å². The van der Waals surface area contributed by atoms with Crippen molar-refractivity contribution in [2.24, 2.45) is 0 Å². The molecule has 0 bridgehead atoms. The van der Waals surface area contributed by atoms with Gasteiger partial charge in [0.2, 0.25) is 0 Å². The molecule has 1 atom stereocenters. The van der Waals surface area contributed by atoms with E-state index in [0.29, 0.717) is 34.4 Å². The number of hydrogen-bond donors (Lipinski definition) is 0. The first-order chi connectivity index (χ1) is 15.7. The minimum atomic E-state index is -0.942. The molecule has 1 fully saturated rings. The van der Waals surface area contributed by atoms with Gasteiger partial charge in [0.1, 0.15) is 5.82 Å². The van der Waals surface area contributed by atoms with Crippen LogP contribution in [-0.4, -0.2) is 34.3 Å². The molecule has 0 aliphatic carbocycles. The molecule has 33 heavy (non-hydrogen) atoms. The predicted molar refractivity (Wildman–Crippen MR) is 120 cm³/mol. The molecular formula is C24H22F3N3O2S. The molecule has 2 aromatic carbocycles. The van der Waals surface area contributed by atoms with Gasteiger partial charge in [0.15, 0.2) is 22.5 Å². The topological polar surface area (TPSA) is 53.5 Å². The van der Waals surface area contributed by atoms with Crippen molar-refractivity contribution in [3.63, 3.8) is 0 Å². The first-order valence-electron chi connectivity index (χ1n) is 10.5. The van der Waals surface area contributed by atoms with Gasteiger partial charge in [0.25, 0.3) is 0 Å². The predicted octanol–water partition coefficient (Wildman–Crippen LogP) is 5.52. The van der Waals surface area contributed by atoms with Gasteiger partial charge >= 0.3 is 6.03 Å². The fourth-order valence-electron chi connectivity index (χ4n) is 3.78. The number of rotatable bonds is 7. The Labute approximate surface area is 193 Å². The second-order valence-electron chi connectivity index (χ2n) is 8.08. The van der Waals surface area contributed by atoms with Crippen molar-refractivity contribution in [1.82, 2.24) is 9.88 Å². The van der Waals surface area contributed by atoms with Gasteiger partial charge in [-0.3, -0.25) is 9.69 Å². The number of Topliss-reactive ketones (excluding diaryl/α,β-unsaturated/α-hetero) is 1. The summed E-state index contributed by atoms with van der Waals surface area (Å²) >= 11 is 1.16. The van der Waals surface area contributed by atoms with Crippen LogP contribution in [0.1, 0.15) is 39.8 Å². The Morgan fingerprint density at radius 3 is 2.48 bits per heavy atom. The molecule has 2 amide bonds. The Bertz CT molecular complexity index is 1200. The summed E-state index contributed by atoms with van der Waals surface area (Å²) in [6.07, 6.45) is 0.391. The summed E-state index contributed by atoms with van der Waals surface area (Å²) in [6.45, 7) is 4.41. The van der Waals surface area contributed by atoms with E-state index in [4.69, 9.17) is 0 Å². The molecule has 1 aromatic heterocycles. The zero-order chi connectivity index (χ0) is 23.7. The van der Waals surface area contributed by atoms with Crippen LogP contribution < -0.4 is 4.90 Å². The van der Waals surface area contributed by atoms with Crippen LogP contribution in [0.3, 0.4) is 0 Å². The van der Waals surface area contributed by atoms with Crippen molar-refractivity contribution in [2.45, 2.75) is 39.3 Å². The van der Waals surface area contributed by atoms with E-state index in [0.717, 1.165) is 29.0 Å². The SMILES string of the molecule is Cc1nc(N2C[C@@H](C)N(Cc3ccc(F)cc3)C2=O)sc1C(=O)CCc1ccc(F)c(F)c1. The molecule has 172 valence electrons. The van der Waals surface area contributed by atoms with Crippen LogP contribution in [-0.2, 0) is 13.0 Å². The minimum absolute atomic E-state index is 0.0840. The average molecular weight is 474 g/mol. The highest BCUT2D eigenvalue weighted by Crippen LogP contribution is 2.32. The van der Waals surface area contributed by atoms with Gasteiger partial charge in [-0.2, -0.15) is 0 Å². The first-order valence-corrected chi connectivity index (χ1v) is 11.3. The van der Waals surface area contributed by atoms with Gasteiger partial charge in [-0.1, -0.05) is 29.5 Å². The number of carbonyl (C=O) groups is 2. The summed E-state index contributed by atoms with van der Waals surface area (Å²) in [5.41, 5.74) is 1.88. The maximum absolute atomic E-state index is 13.4. The van der Waals surface area contributed by atoms with Crippen molar-refractivity contribution in [2.75, 3.05) is 11.4 Å². The van der Waals surface area contributed by atoms with E-state index in [1.54, 1.807) is 28.9 Å². The van der Waals surface area contributed by atoms with Gasteiger partial charge in [0, 0.05) is 19.0 Å². The van der Waals surface area contributed by atoms with Gasteiger partial charge in [-0.15, -0.1) is 0 Å². The lowest BCUT2D eigenvalue weighted by Gasteiger charge is -2.20. The average Bonchev–Trinajstić information content (AvgIpc) is 3.30. The molecule has 5 nitrogen and oxygen atoms in total. The van der Waals surface area contributed by atoms with E-state index in [1.807, 2.05) is 6.92 Å². The Kier molecular flexibility index (Phi) is 6.51. The third kappa shape index (κ3) is 4.93. The minimum Gasteiger partial charge on any atom is -0.315 e. The molecule has 0 N–H and O–H groups in total. The quantitative estimate of drug-likeness (QED) is 0.425. The Morgan fingerprint density at radius 1 is 1.09 bits per heavy atom. The van der Waals surface area contributed by atoms with Crippen molar-refractivity contribution >= 4 is 28.3 Å². The summed E-state index contributed by atoms with van der Waals surface area (Å²) in [5, 5.41) is 0.446. The number of anilines is 1. The number of urea groups is 1. The number of hydrogen-bond acceptors (Lipinski definition) is 4. The number of halogens is 3. The summed E-state index contributed by atoms with van der Waals surface area (Å²) in [6, 6.07) is 9.31. The lowest BCUT2D eigenvalue weighted by Crippen LogP contribution is -2.33. The maximum Gasteiger partial charge on any atom is 0.326 e. The van der Waals surface area contributed by atoms with Crippen molar-refractivity contribution in [3.05, 3.63) is 81.6 Å². The molecule has 0 spiro atoms. The Balaban J connectivity index is 1.44. The molecular weight excluding hydrogens is 451 g/mol. The van der Waals surface area contributed by atoms with Crippen LogP contribution >= 0.6 is 11.3 Å². The van der Waals surface area contributed by atoms with Gasteiger partial charge < -0.3 is 4.90 Å². The third-order valence-corrected chi connectivity index (χ3v) is 6.84. The van der Waals surface area contributed by atoms with Gasteiger partial charge in [0.05, 0.1) is 17.1 Å². The van der Waals surface area contributed by atoms with Gasteiger partial charge in [-0.05, 0) is 55.7 Å². The van der Waals surface area contributed by atoms with Gasteiger partial charge in [-0.25, -0.2) is 22.9 Å². The number of thiazole rings is 1. The number of aryl methyl sites for hydroxylation is 2. The van der Waals surface area contributed by atoms with E-state index in [-0.39, 0.29) is 36.5 Å². The molecule has 9 heteroatoms. The van der Waals surface area contributed by atoms with E-state index < -0.39 is 11.6 Å². The zero-order valence-electron chi connectivity index (χ0n) is 18.1. The monoisotopic (exact) mass is 473 g/mol. The van der Waals surface area contributed by atoms with Crippen LogP contribution in [0, 0.1) is 24.4 Å². The molecule has 0 unspecified atom stereocenters. The molecule has 1 aliphatic heterocycles. The van der Waals surface area contributed by atoms with Crippen LogP contribution in [0.4, 0.5) is 23.1 Å². The van der Waals surface area contributed by atoms with E-state index in [9.17, 15) is 22.8 Å². The summed E-state index contributed by atoms with van der Waals surface area (Å²) in [4.78, 5) is 33.9. The van der Waals surface area contributed by atoms with Crippen LogP contribution in [0.5, 0.6) is 0 Å². The number of benzene rings is 2. The molecule has 0 radical (unpaired) electrons. The number of aromatic nitrogens is 1. The third-order valence-electron chi connectivity index (χ3n) is 5.62. The fourth-order valence-corrected chi connectivity index (χ4v) is 4.81. The van der Waals surface area contributed by atoms with Crippen molar-refractivity contribution < 1.29 is 22.8 Å². The number of nitrogens with zero attached hydrogens (tertiary/aromatic N) is 3. The highest BCUT2D eigenvalue weighted by atomic mass is 32.1. The maximum atomic E-state index is 13.4. The van der Waals surface area contributed by atoms with E-state index in [1.165, 1.54) is 18.2 Å². The fraction of sp³-hybridized carbons (Fsp3) is 0.292. The molecule has 4 rings (SSSR count). The highest BCUT2D eigenvalue weighted by molar-refractivity contribution is 7.17. The molecule has 1 saturated heterocycles.